The van der Waals surface area contributed by atoms with Crippen molar-refractivity contribution in [1.29, 1.82) is 0 Å². The standard InChI is InChI=1S/C15H10F5N5O/c1-7(11-9(16)3-2-4-10(11)17)23-14-21-5-8(6-22-14)12-24-13(26-25-12)15(18,19)20/h2-7H,1H3,(H,21,22,23). The molecule has 2 aromatic heterocycles. The summed E-state index contributed by atoms with van der Waals surface area (Å²) >= 11 is 0. The molecule has 0 radical (unpaired) electrons. The lowest BCUT2D eigenvalue weighted by Crippen LogP contribution is -2.12. The molecule has 0 saturated heterocycles. The summed E-state index contributed by atoms with van der Waals surface area (Å²) < 4.78 is 69.0. The van der Waals surface area contributed by atoms with Crippen molar-refractivity contribution in [2.75, 3.05) is 5.32 Å². The maximum atomic E-state index is 13.7. The minimum atomic E-state index is -4.76. The molecule has 2 heterocycles. The van der Waals surface area contributed by atoms with Crippen LogP contribution in [-0.4, -0.2) is 20.1 Å². The predicted molar refractivity (Wildman–Crippen MR) is 78.7 cm³/mol. The van der Waals surface area contributed by atoms with Gasteiger partial charge in [0.25, 0.3) is 0 Å². The highest BCUT2D eigenvalue weighted by Gasteiger charge is 2.38. The summed E-state index contributed by atoms with van der Waals surface area (Å²) in [6.45, 7) is 1.51. The van der Waals surface area contributed by atoms with E-state index in [0.717, 1.165) is 24.5 Å². The number of alkyl halides is 3. The Morgan fingerprint density at radius 3 is 2.23 bits per heavy atom. The fourth-order valence-electron chi connectivity index (χ4n) is 2.16. The van der Waals surface area contributed by atoms with Gasteiger partial charge in [0.05, 0.1) is 11.6 Å². The Balaban J connectivity index is 1.77. The predicted octanol–water partition coefficient (Wildman–Crippen LogP) is 4.00. The fraction of sp³-hybridized carbons (Fsp3) is 0.200. The number of anilines is 1. The van der Waals surface area contributed by atoms with Gasteiger partial charge >= 0.3 is 12.1 Å². The van der Waals surface area contributed by atoms with Crippen molar-refractivity contribution in [1.82, 2.24) is 20.1 Å². The van der Waals surface area contributed by atoms with Gasteiger partial charge in [-0.2, -0.15) is 18.2 Å². The van der Waals surface area contributed by atoms with Crippen LogP contribution in [0.4, 0.5) is 27.9 Å². The number of rotatable bonds is 4. The van der Waals surface area contributed by atoms with Crippen LogP contribution < -0.4 is 5.32 Å². The van der Waals surface area contributed by atoms with Crippen molar-refractivity contribution < 1.29 is 26.5 Å². The molecule has 6 nitrogen and oxygen atoms in total. The molecule has 3 rings (SSSR count). The van der Waals surface area contributed by atoms with E-state index in [2.05, 4.69) is 29.9 Å². The van der Waals surface area contributed by atoms with Crippen molar-refractivity contribution >= 4 is 5.95 Å². The van der Waals surface area contributed by atoms with Crippen LogP contribution in [0.5, 0.6) is 0 Å². The molecule has 0 amide bonds. The molecule has 1 N–H and O–H groups in total. The lowest BCUT2D eigenvalue weighted by Gasteiger charge is -2.15. The minimum absolute atomic E-state index is 0.0171. The van der Waals surface area contributed by atoms with Crippen molar-refractivity contribution in [3.8, 4) is 11.4 Å². The minimum Gasteiger partial charge on any atom is -0.347 e. The van der Waals surface area contributed by atoms with E-state index in [1.807, 2.05) is 0 Å². The lowest BCUT2D eigenvalue weighted by atomic mass is 10.1. The molecule has 11 heteroatoms. The van der Waals surface area contributed by atoms with E-state index in [0.29, 0.717) is 0 Å². The van der Waals surface area contributed by atoms with E-state index in [1.54, 1.807) is 0 Å². The van der Waals surface area contributed by atoms with Gasteiger partial charge in [-0.25, -0.2) is 18.7 Å². The van der Waals surface area contributed by atoms with Crippen molar-refractivity contribution in [2.24, 2.45) is 0 Å². The monoisotopic (exact) mass is 371 g/mol. The molecule has 1 aromatic carbocycles. The molecule has 136 valence electrons. The number of nitrogens with zero attached hydrogens (tertiary/aromatic N) is 4. The van der Waals surface area contributed by atoms with Crippen LogP contribution in [0.15, 0.2) is 35.1 Å². The third kappa shape index (κ3) is 3.60. The van der Waals surface area contributed by atoms with Gasteiger partial charge in [-0.05, 0) is 19.1 Å². The Kier molecular flexibility index (Phi) is 4.53. The van der Waals surface area contributed by atoms with Gasteiger partial charge in [0, 0.05) is 18.0 Å². The number of nitrogens with one attached hydrogen (secondary N) is 1. The summed E-state index contributed by atoms with van der Waals surface area (Å²) in [4.78, 5) is 11.0. The highest BCUT2D eigenvalue weighted by Crippen LogP contribution is 2.29. The second-order valence-corrected chi connectivity index (χ2v) is 5.22. The van der Waals surface area contributed by atoms with Gasteiger partial charge in [-0.3, -0.25) is 0 Å². The van der Waals surface area contributed by atoms with E-state index >= 15 is 0 Å². The zero-order valence-corrected chi connectivity index (χ0v) is 13.1. The van der Waals surface area contributed by atoms with E-state index in [1.165, 1.54) is 13.0 Å². The molecule has 0 aliphatic heterocycles. The number of hydrogen-bond acceptors (Lipinski definition) is 6. The van der Waals surface area contributed by atoms with Crippen LogP contribution in [0.1, 0.15) is 24.4 Å². The van der Waals surface area contributed by atoms with Crippen molar-refractivity contribution in [3.05, 3.63) is 53.7 Å². The highest BCUT2D eigenvalue weighted by molar-refractivity contribution is 5.52. The molecule has 1 unspecified atom stereocenters. The average Bonchev–Trinajstić information content (AvgIpc) is 3.05. The van der Waals surface area contributed by atoms with E-state index in [4.69, 9.17) is 0 Å². The van der Waals surface area contributed by atoms with Gasteiger partial charge in [0.15, 0.2) is 0 Å². The lowest BCUT2D eigenvalue weighted by molar-refractivity contribution is -0.159. The maximum Gasteiger partial charge on any atom is 0.471 e. The van der Waals surface area contributed by atoms with Crippen LogP contribution >= 0.6 is 0 Å². The smallest absolute Gasteiger partial charge is 0.347 e. The average molecular weight is 371 g/mol. The molecule has 0 bridgehead atoms. The number of hydrogen-bond donors (Lipinski definition) is 1. The Morgan fingerprint density at radius 1 is 1.08 bits per heavy atom. The number of benzene rings is 1. The molecular formula is C15H10F5N5O. The first-order valence-electron chi connectivity index (χ1n) is 7.19. The summed E-state index contributed by atoms with van der Waals surface area (Å²) in [6, 6.07) is 2.69. The fourth-order valence-corrected chi connectivity index (χ4v) is 2.16. The first kappa shape index (κ1) is 17.7. The summed E-state index contributed by atoms with van der Waals surface area (Å²) in [5.41, 5.74) is -0.104. The van der Waals surface area contributed by atoms with Crippen LogP contribution in [0, 0.1) is 11.6 Å². The summed E-state index contributed by atoms with van der Waals surface area (Å²) in [7, 11) is 0. The van der Waals surface area contributed by atoms with Gasteiger partial charge < -0.3 is 9.84 Å². The van der Waals surface area contributed by atoms with Crippen molar-refractivity contribution in [2.45, 2.75) is 19.1 Å². The van der Waals surface area contributed by atoms with Gasteiger partial charge in [-0.15, -0.1) is 0 Å². The topological polar surface area (TPSA) is 76.7 Å². The molecule has 26 heavy (non-hydrogen) atoms. The van der Waals surface area contributed by atoms with Crippen molar-refractivity contribution in [3.63, 3.8) is 0 Å². The van der Waals surface area contributed by atoms with Crippen LogP contribution in [0.3, 0.4) is 0 Å². The van der Waals surface area contributed by atoms with E-state index in [9.17, 15) is 22.0 Å². The van der Waals surface area contributed by atoms with E-state index < -0.39 is 29.7 Å². The van der Waals surface area contributed by atoms with Crippen LogP contribution in [-0.2, 0) is 6.18 Å². The van der Waals surface area contributed by atoms with Gasteiger partial charge in [-0.1, -0.05) is 11.2 Å². The normalized spacial score (nSPS) is 12.8. The molecule has 0 aliphatic rings. The second kappa shape index (κ2) is 6.65. The maximum absolute atomic E-state index is 13.7. The molecular weight excluding hydrogens is 361 g/mol. The zero-order valence-electron chi connectivity index (χ0n) is 13.1. The van der Waals surface area contributed by atoms with Gasteiger partial charge in [0.2, 0.25) is 11.8 Å². The summed E-state index contributed by atoms with van der Waals surface area (Å²) in [5.74, 6) is -3.26. The third-order valence-corrected chi connectivity index (χ3v) is 3.36. The van der Waals surface area contributed by atoms with Crippen LogP contribution in [0.25, 0.3) is 11.4 Å². The van der Waals surface area contributed by atoms with E-state index in [-0.39, 0.29) is 22.9 Å². The first-order valence-corrected chi connectivity index (χ1v) is 7.19. The third-order valence-electron chi connectivity index (χ3n) is 3.36. The Hall–Kier alpha value is -3.11. The van der Waals surface area contributed by atoms with Gasteiger partial charge in [0.1, 0.15) is 11.6 Å². The second-order valence-electron chi connectivity index (χ2n) is 5.22. The largest absolute Gasteiger partial charge is 0.471 e. The van der Waals surface area contributed by atoms with Crippen LogP contribution in [0.2, 0.25) is 0 Å². The Bertz CT molecular complexity index is 889. The molecule has 3 aromatic rings. The molecule has 0 fully saturated rings. The molecule has 0 aliphatic carbocycles. The Labute approximate surface area is 143 Å². The SMILES string of the molecule is CC(Nc1ncc(-c2noc(C(F)(F)F)n2)cn1)c1c(F)cccc1F. The summed E-state index contributed by atoms with van der Waals surface area (Å²) in [6.07, 6.45) is -2.44. The zero-order chi connectivity index (χ0) is 18.9. The first-order chi connectivity index (χ1) is 12.3. The highest BCUT2D eigenvalue weighted by atomic mass is 19.4. The quantitative estimate of drug-likeness (QED) is 0.699. The molecule has 0 spiro atoms. The molecule has 1 atom stereocenters. The molecule has 0 saturated carbocycles. The summed E-state index contributed by atoms with van der Waals surface area (Å²) in [5, 5.41) is 5.91. The Morgan fingerprint density at radius 2 is 1.69 bits per heavy atom. The number of aromatic nitrogens is 4. The number of halogens is 5.